The number of aromatic nitrogens is 2. The van der Waals surface area contributed by atoms with Crippen molar-refractivity contribution in [3.63, 3.8) is 0 Å². The third-order valence-electron chi connectivity index (χ3n) is 2.87. The zero-order valence-electron chi connectivity index (χ0n) is 13.7. The van der Waals surface area contributed by atoms with Gasteiger partial charge in [-0.05, 0) is 57.9 Å². The molecule has 0 spiro atoms. The quantitative estimate of drug-likeness (QED) is 0.911. The van der Waals surface area contributed by atoms with Crippen LogP contribution >= 0.6 is 0 Å². The number of anilines is 2. The molecule has 0 unspecified atom stereocenters. The summed E-state index contributed by atoms with van der Waals surface area (Å²) in [6.45, 7) is 9.87. The molecule has 0 saturated carbocycles. The lowest BCUT2D eigenvalue weighted by Crippen LogP contribution is -2.40. The molecule has 0 fully saturated rings. The normalized spacial score (nSPS) is 11.1. The van der Waals surface area contributed by atoms with Gasteiger partial charge in [0.1, 0.15) is 11.5 Å². The van der Waals surface area contributed by atoms with E-state index in [0.717, 1.165) is 5.69 Å². The summed E-state index contributed by atoms with van der Waals surface area (Å²) in [6, 6.07) is 6.18. The van der Waals surface area contributed by atoms with E-state index >= 15 is 0 Å². The number of benzene rings is 1. The van der Waals surface area contributed by atoms with Crippen molar-refractivity contribution in [1.29, 1.82) is 0 Å². The zero-order chi connectivity index (χ0) is 16.3. The van der Waals surface area contributed by atoms with E-state index in [1.54, 1.807) is 6.20 Å². The van der Waals surface area contributed by atoms with Gasteiger partial charge in [0.05, 0.1) is 12.4 Å². The summed E-state index contributed by atoms with van der Waals surface area (Å²) in [6.07, 6.45) is 3.04. The number of hydrogen-bond acceptors (Lipinski definition) is 4. The van der Waals surface area contributed by atoms with E-state index < -0.39 is 0 Å². The highest BCUT2D eigenvalue weighted by Crippen LogP contribution is 2.17. The summed E-state index contributed by atoms with van der Waals surface area (Å²) >= 11 is 0. The molecule has 0 bridgehead atoms. The molecule has 1 heterocycles. The summed E-state index contributed by atoms with van der Waals surface area (Å²) in [5.41, 5.74) is 3.32. The monoisotopic (exact) mass is 298 g/mol. The summed E-state index contributed by atoms with van der Waals surface area (Å²) in [5, 5.41) is 6.05. The first-order chi connectivity index (χ1) is 10.2. The predicted octanol–water partition coefficient (Wildman–Crippen LogP) is 3.37. The van der Waals surface area contributed by atoms with Crippen LogP contribution in [0.4, 0.5) is 11.5 Å². The van der Waals surface area contributed by atoms with E-state index in [2.05, 4.69) is 26.7 Å². The molecule has 1 aromatic carbocycles. The molecule has 5 heteroatoms. The van der Waals surface area contributed by atoms with Crippen molar-refractivity contribution in [2.45, 2.75) is 40.2 Å². The third-order valence-corrected chi connectivity index (χ3v) is 2.87. The molecule has 0 aliphatic rings. The van der Waals surface area contributed by atoms with Gasteiger partial charge >= 0.3 is 0 Å². The number of carbonyl (C=O) groups excluding carboxylic acids is 1. The Balaban J connectivity index is 2.10. The number of nitrogens with one attached hydrogen (secondary N) is 2. The second-order valence-electron chi connectivity index (χ2n) is 6.49. The fraction of sp³-hybridized carbons (Fsp3) is 0.353. The topological polar surface area (TPSA) is 66.9 Å². The number of amides is 1. The minimum Gasteiger partial charge on any atom is -0.346 e. The molecule has 116 valence electrons. The smallest absolute Gasteiger partial charge is 0.271 e. The van der Waals surface area contributed by atoms with Gasteiger partial charge in [-0.1, -0.05) is 6.07 Å². The van der Waals surface area contributed by atoms with Crippen molar-refractivity contribution >= 4 is 17.4 Å². The van der Waals surface area contributed by atoms with Crippen LogP contribution in [0.3, 0.4) is 0 Å². The van der Waals surface area contributed by atoms with Crippen LogP contribution in [0.25, 0.3) is 0 Å². The van der Waals surface area contributed by atoms with Crippen LogP contribution in [0.15, 0.2) is 30.6 Å². The van der Waals surface area contributed by atoms with Crippen LogP contribution in [-0.4, -0.2) is 21.4 Å². The van der Waals surface area contributed by atoms with Gasteiger partial charge in [-0.3, -0.25) is 4.79 Å². The molecule has 0 radical (unpaired) electrons. The number of rotatable bonds is 3. The molecule has 2 N–H and O–H groups in total. The summed E-state index contributed by atoms with van der Waals surface area (Å²) in [7, 11) is 0. The Morgan fingerprint density at radius 2 is 1.64 bits per heavy atom. The fourth-order valence-corrected chi connectivity index (χ4v) is 2.11. The third kappa shape index (κ3) is 4.55. The Bertz CT molecular complexity index is 652. The molecular weight excluding hydrogens is 276 g/mol. The van der Waals surface area contributed by atoms with E-state index in [-0.39, 0.29) is 11.4 Å². The molecule has 0 aliphatic carbocycles. The van der Waals surface area contributed by atoms with Crippen LogP contribution in [0.1, 0.15) is 42.4 Å². The van der Waals surface area contributed by atoms with Gasteiger partial charge in [-0.15, -0.1) is 0 Å². The van der Waals surface area contributed by atoms with E-state index in [1.165, 1.54) is 17.3 Å². The summed E-state index contributed by atoms with van der Waals surface area (Å²) in [5.74, 6) is 0.384. The Labute approximate surface area is 131 Å². The molecule has 0 saturated heterocycles. The van der Waals surface area contributed by atoms with Gasteiger partial charge in [-0.2, -0.15) is 0 Å². The number of aryl methyl sites for hydroxylation is 2. The average Bonchev–Trinajstić information content (AvgIpc) is 2.36. The molecule has 0 aliphatic heterocycles. The second-order valence-corrected chi connectivity index (χ2v) is 6.49. The molecular formula is C17H22N4O. The van der Waals surface area contributed by atoms with Crippen LogP contribution in [0.5, 0.6) is 0 Å². The second kappa shape index (κ2) is 6.13. The molecule has 1 aromatic heterocycles. The molecule has 5 nitrogen and oxygen atoms in total. The van der Waals surface area contributed by atoms with Crippen molar-refractivity contribution in [2.75, 3.05) is 5.32 Å². The van der Waals surface area contributed by atoms with Crippen LogP contribution < -0.4 is 10.6 Å². The molecule has 22 heavy (non-hydrogen) atoms. The lowest BCUT2D eigenvalue weighted by atomic mass is 10.1. The zero-order valence-corrected chi connectivity index (χ0v) is 13.7. The van der Waals surface area contributed by atoms with Gasteiger partial charge in [0, 0.05) is 11.2 Å². The van der Waals surface area contributed by atoms with E-state index in [9.17, 15) is 4.79 Å². The number of carbonyl (C=O) groups is 1. The Morgan fingerprint density at radius 3 is 2.14 bits per heavy atom. The lowest BCUT2D eigenvalue weighted by Gasteiger charge is -2.19. The van der Waals surface area contributed by atoms with Gasteiger partial charge in [-0.25, -0.2) is 9.97 Å². The minimum absolute atomic E-state index is 0.224. The van der Waals surface area contributed by atoms with E-state index in [1.807, 2.05) is 46.8 Å². The molecule has 2 aromatic rings. The van der Waals surface area contributed by atoms with Crippen LogP contribution in [0.2, 0.25) is 0 Å². The first-order valence-electron chi connectivity index (χ1n) is 7.23. The van der Waals surface area contributed by atoms with Crippen molar-refractivity contribution in [3.05, 3.63) is 47.4 Å². The first kappa shape index (κ1) is 15.9. The van der Waals surface area contributed by atoms with Gasteiger partial charge in [0.15, 0.2) is 0 Å². The maximum absolute atomic E-state index is 12.0. The summed E-state index contributed by atoms with van der Waals surface area (Å²) in [4.78, 5) is 20.4. The first-order valence-corrected chi connectivity index (χ1v) is 7.23. The standard InChI is InChI=1S/C17H22N4O/c1-11-6-12(2)8-13(7-11)20-15-10-18-14(9-19-15)16(22)21-17(3,4)5/h6-10H,1-5H3,(H,19,20)(H,21,22). The molecule has 1 amide bonds. The van der Waals surface area contributed by atoms with E-state index in [0.29, 0.717) is 11.5 Å². The maximum Gasteiger partial charge on any atom is 0.271 e. The summed E-state index contributed by atoms with van der Waals surface area (Å²) < 4.78 is 0. The molecule has 2 rings (SSSR count). The van der Waals surface area contributed by atoms with Crippen molar-refractivity contribution in [1.82, 2.24) is 15.3 Å². The number of hydrogen-bond donors (Lipinski definition) is 2. The van der Waals surface area contributed by atoms with Crippen LogP contribution in [-0.2, 0) is 0 Å². The predicted molar refractivity (Wildman–Crippen MR) is 88.4 cm³/mol. The van der Waals surface area contributed by atoms with Crippen molar-refractivity contribution in [2.24, 2.45) is 0 Å². The van der Waals surface area contributed by atoms with Gasteiger partial charge < -0.3 is 10.6 Å². The number of nitrogens with zero attached hydrogens (tertiary/aromatic N) is 2. The van der Waals surface area contributed by atoms with Crippen molar-refractivity contribution < 1.29 is 4.79 Å². The minimum atomic E-state index is -0.297. The maximum atomic E-state index is 12.0. The molecule has 0 atom stereocenters. The SMILES string of the molecule is Cc1cc(C)cc(Nc2cnc(C(=O)NC(C)(C)C)cn2)c1. The highest BCUT2D eigenvalue weighted by atomic mass is 16.2. The Morgan fingerprint density at radius 1 is 1.00 bits per heavy atom. The van der Waals surface area contributed by atoms with Gasteiger partial charge in [0.25, 0.3) is 5.91 Å². The van der Waals surface area contributed by atoms with Crippen molar-refractivity contribution in [3.8, 4) is 0 Å². The highest BCUT2D eigenvalue weighted by molar-refractivity contribution is 5.92. The van der Waals surface area contributed by atoms with Crippen LogP contribution in [0, 0.1) is 13.8 Å². The van der Waals surface area contributed by atoms with Gasteiger partial charge in [0.2, 0.25) is 0 Å². The van der Waals surface area contributed by atoms with E-state index in [4.69, 9.17) is 0 Å². The largest absolute Gasteiger partial charge is 0.346 e. The average molecular weight is 298 g/mol. The fourth-order valence-electron chi connectivity index (χ4n) is 2.11. The Kier molecular flexibility index (Phi) is 4.45. The Hall–Kier alpha value is -2.43. The highest BCUT2D eigenvalue weighted by Gasteiger charge is 2.16. The lowest BCUT2D eigenvalue weighted by molar-refractivity contribution is 0.0914.